The maximum Gasteiger partial charge on any atom is 0.350 e. The molecule has 3 rings (SSSR count). The van der Waals surface area contributed by atoms with Crippen molar-refractivity contribution >= 4 is 27.8 Å². The van der Waals surface area contributed by atoms with E-state index in [0.29, 0.717) is 0 Å². The van der Waals surface area contributed by atoms with Gasteiger partial charge >= 0.3 is 5.97 Å². The Morgan fingerprint density at radius 3 is 2.11 bits per heavy atom. The minimum atomic E-state index is -4.36. The van der Waals surface area contributed by atoms with Crippen LogP contribution in [0.2, 0.25) is 0 Å². The zero-order valence-corrected chi connectivity index (χ0v) is 14.7. The highest BCUT2D eigenvalue weighted by Crippen LogP contribution is 2.23. The molecule has 0 radical (unpaired) electrons. The number of nitrogens with zero attached hydrogens (tertiary/aromatic N) is 1. The molecule has 0 bridgehead atoms. The van der Waals surface area contributed by atoms with Crippen LogP contribution >= 0.6 is 0 Å². The molecule has 27 heavy (non-hydrogen) atoms. The van der Waals surface area contributed by atoms with E-state index in [0.717, 1.165) is 19.1 Å². The minimum Gasteiger partial charge on any atom is -0.328 e. The fraction of sp³-hybridized carbons (Fsp3) is 0.118. The number of carbonyl (C=O) groups excluding carboxylic acids is 3. The standard InChI is InChI=1S/C17H13FN2O6S/c1-10(19-27(24,25)14-9-5-4-8-13(14)18)17(23)26-20-15(21)11-6-2-3-7-12(11)16(20)22/h2-10,19H,1H3. The number of halogens is 1. The Hall–Kier alpha value is -3.11. The first-order chi connectivity index (χ1) is 12.7. The highest BCUT2D eigenvalue weighted by atomic mass is 32.2. The fourth-order valence-electron chi connectivity index (χ4n) is 2.43. The van der Waals surface area contributed by atoms with Gasteiger partial charge in [-0.25, -0.2) is 17.6 Å². The largest absolute Gasteiger partial charge is 0.350 e. The second kappa shape index (κ2) is 6.89. The number of nitrogens with one attached hydrogen (secondary N) is 1. The van der Waals surface area contributed by atoms with Gasteiger partial charge in [-0.15, -0.1) is 0 Å². The van der Waals surface area contributed by atoms with E-state index in [2.05, 4.69) is 0 Å². The molecule has 1 aliphatic heterocycles. The van der Waals surface area contributed by atoms with E-state index in [1.54, 1.807) is 12.1 Å². The summed E-state index contributed by atoms with van der Waals surface area (Å²) in [7, 11) is -4.36. The molecule has 2 aromatic carbocycles. The van der Waals surface area contributed by atoms with E-state index >= 15 is 0 Å². The van der Waals surface area contributed by atoms with Gasteiger partial charge in [0.1, 0.15) is 16.8 Å². The Morgan fingerprint density at radius 1 is 1.04 bits per heavy atom. The molecule has 8 nitrogen and oxygen atoms in total. The zero-order valence-electron chi connectivity index (χ0n) is 13.9. The van der Waals surface area contributed by atoms with Crippen LogP contribution in [0.1, 0.15) is 27.6 Å². The molecule has 2 aromatic rings. The third kappa shape index (κ3) is 3.44. The second-order valence-corrected chi connectivity index (χ2v) is 7.32. The maximum atomic E-state index is 13.7. The van der Waals surface area contributed by atoms with Crippen molar-refractivity contribution in [2.24, 2.45) is 0 Å². The van der Waals surface area contributed by atoms with E-state index in [1.165, 1.54) is 24.3 Å². The van der Waals surface area contributed by atoms with E-state index in [-0.39, 0.29) is 16.2 Å². The van der Waals surface area contributed by atoms with Crippen molar-refractivity contribution in [3.05, 3.63) is 65.5 Å². The molecule has 0 aromatic heterocycles. The van der Waals surface area contributed by atoms with Crippen molar-refractivity contribution in [1.29, 1.82) is 0 Å². The van der Waals surface area contributed by atoms with Crippen LogP contribution < -0.4 is 4.72 Å². The van der Waals surface area contributed by atoms with Crippen molar-refractivity contribution in [3.63, 3.8) is 0 Å². The number of sulfonamides is 1. The maximum absolute atomic E-state index is 13.7. The van der Waals surface area contributed by atoms with Gasteiger partial charge < -0.3 is 4.84 Å². The Labute approximate surface area is 153 Å². The summed E-state index contributed by atoms with van der Waals surface area (Å²) in [5.41, 5.74) is 0.129. The number of carbonyl (C=O) groups is 3. The highest BCUT2D eigenvalue weighted by molar-refractivity contribution is 7.89. The smallest absolute Gasteiger partial charge is 0.328 e. The average molecular weight is 392 g/mol. The molecule has 0 fully saturated rings. The number of hydroxylamine groups is 2. The van der Waals surface area contributed by atoms with E-state index in [1.807, 2.05) is 4.72 Å². The van der Waals surface area contributed by atoms with E-state index in [9.17, 15) is 27.2 Å². The summed E-state index contributed by atoms with van der Waals surface area (Å²) in [6, 6.07) is 9.01. The summed E-state index contributed by atoms with van der Waals surface area (Å²) in [4.78, 5) is 40.6. The van der Waals surface area contributed by atoms with E-state index in [4.69, 9.17) is 4.84 Å². The van der Waals surface area contributed by atoms with Gasteiger partial charge in [0.15, 0.2) is 0 Å². The first kappa shape index (κ1) is 18.7. The Bertz CT molecular complexity index is 1020. The van der Waals surface area contributed by atoms with Crippen LogP contribution in [-0.4, -0.2) is 37.3 Å². The van der Waals surface area contributed by atoms with Crippen LogP contribution in [-0.2, 0) is 19.7 Å². The third-order valence-electron chi connectivity index (χ3n) is 3.75. The average Bonchev–Trinajstić information content (AvgIpc) is 2.87. The number of rotatable bonds is 5. The Morgan fingerprint density at radius 2 is 1.56 bits per heavy atom. The second-order valence-electron chi connectivity index (χ2n) is 5.63. The lowest BCUT2D eigenvalue weighted by Gasteiger charge is -2.17. The van der Waals surface area contributed by atoms with Gasteiger partial charge in [0, 0.05) is 0 Å². The van der Waals surface area contributed by atoms with Crippen LogP contribution in [0, 0.1) is 5.82 Å². The summed E-state index contributed by atoms with van der Waals surface area (Å²) in [6.45, 7) is 1.14. The zero-order chi connectivity index (χ0) is 19.8. The summed E-state index contributed by atoms with van der Waals surface area (Å²) < 4.78 is 40.0. The summed E-state index contributed by atoms with van der Waals surface area (Å²) >= 11 is 0. The summed E-state index contributed by atoms with van der Waals surface area (Å²) in [6.07, 6.45) is 0. The fourth-order valence-corrected chi connectivity index (χ4v) is 3.70. The molecular weight excluding hydrogens is 379 g/mol. The van der Waals surface area contributed by atoms with Gasteiger partial charge in [-0.05, 0) is 31.2 Å². The number of hydrogen-bond acceptors (Lipinski definition) is 6. The molecule has 140 valence electrons. The van der Waals surface area contributed by atoms with Crippen LogP contribution in [0.25, 0.3) is 0 Å². The molecule has 0 spiro atoms. The lowest BCUT2D eigenvalue weighted by Crippen LogP contribution is -2.43. The quantitative estimate of drug-likeness (QED) is 0.767. The van der Waals surface area contributed by atoms with Crippen LogP contribution in [0.15, 0.2) is 53.4 Å². The molecule has 0 aliphatic carbocycles. The molecule has 1 N–H and O–H groups in total. The molecule has 1 atom stereocenters. The van der Waals surface area contributed by atoms with Crippen molar-refractivity contribution in [3.8, 4) is 0 Å². The van der Waals surface area contributed by atoms with Crippen molar-refractivity contribution in [1.82, 2.24) is 9.79 Å². The summed E-state index contributed by atoms with van der Waals surface area (Å²) in [5.74, 6) is -3.88. The van der Waals surface area contributed by atoms with Gasteiger partial charge in [0.05, 0.1) is 11.1 Å². The topological polar surface area (TPSA) is 110 Å². The first-order valence-corrected chi connectivity index (χ1v) is 9.17. The lowest BCUT2D eigenvalue weighted by atomic mass is 10.1. The number of benzene rings is 2. The number of fused-ring (bicyclic) bond motifs is 1. The van der Waals surface area contributed by atoms with Crippen LogP contribution in [0.3, 0.4) is 0 Å². The molecule has 10 heteroatoms. The predicted octanol–water partition coefficient (Wildman–Crippen LogP) is 1.25. The van der Waals surface area contributed by atoms with Crippen molar-refractivity contribution in [2.75, 3.05) is 0 Å². The SMILES string of the molecule is CC(NS(=O)(=O)c1ccccc1F)C(=O)ON1C(=O)c2ccccc2C1=O. The van der Waals surface area contributed by atoms with Gasteiger partial charge in [-0.3, -0.25) is 9.59 Å². The third-order valence-corrected chi connectivity index (χ3v) is 5.32. The van der Waals surface area contributed by atoms with Gasteiger partial charge in [0.25, 0.3) is 11.8 Å². The number of amides is 2. The number of imide groups is 1. The van der Waals surface area contributed by atoms with Gasteiger partial charge in [-0.2, -0.15) is 4.72 Å². The minimum absolute atomic E-state index is 0.0647. The molecule has 1 unspecified atom stereocenters. The van der Waals surface area contributed by atoms with Crippen molar-refractivity contribution < 1.29 is 32.0 Å². The monoisotopic (exact) mass is 392 g/mol. The van der Waals surface area contributed by atoms with Crippen LogP contribution in [0.4, 0.5) is 4.39 Å². The predicted molar refractivity (Wildman–Crippen MR) is 89.2 cm³/mol. The van der Waals surface area contributed by atoms with Crippen LogP contribution in [0.5, 0.6) is 0 Å². The lowest BCUT2D eigenvalue weighted by molar-refractivity contribution is -0.170. The molecule has 1 aliphatic rings. The summed E-state index contributed by atoms with van der Waals surface area (Å²) in [5, 5.41) is 0.265. The van der Waals surface area contributed by atoms with Crippen molar-refractivity contribution in [2.45, 2.75) is 17.9 Å². The molecular formula is C17H13FN2O6S. The molecule has 0 saturated carbocycles. The molecule has 1 heterocycles. The molecule has 2 amide bonds. The van der Waals surface area contributed by atoms with E-state index < -0.39 is 44.6 Å². The van der Waals surface area contributed by atoms with Gasteiger partial charge in [0.2, 0.25) is 10.0 Å². The Kier molecular flexibility index (Phi) is 4.77. The normalized spacial score (nSPS) is 14.8. The first-order valence-electron chi connectivity index (χ1n) is 7.69. The van der Waals surface area contributed by atoms with Gasteiger partial charge in [-0.1, -0.05) is 29.3 Å². The Balaban J connectivity index is 1.73. The highest BCUT2D eigenvalue weighted by Gasteiger charge is 2.39. The number of hydrogen-bond donors (Lipinski definition) is 1. The molecule has 0 saturated heterocycles.